The summed E-state index contributed by atoms with van der Waals surface area (Å²) in [5.41, 5.74) is 0.518. The highest BCUT2D eigenvalue weighted by molar-refractivity contribution is 5.04. The van der Waals surface area contributed by atoms with Gasteiger partial charge in [0.2, 0.25) is 0 Å². The Balaban J connectivity index is 1.44. The summed E-state index contributed by atoms with van der Waals surface area (Å²) in [5.74, 6) is 1.88. The molecule has 2 saturated heterocycles. The molecule has 1 N–H and O–H groups in total. The van der Waals surface area contributed by atoms with Crippen LogP contribution in [0.15, 0.2) is 0 Å². The molecule has 0 aromatic heterocycles. The highest BCUT2D eigenvalue weighted by Crippen LogP contribution is 2.41. The van der Waals surface area contributed by atoms with Crippen LogP contribution in [0.25, 0.3) is 0 Å². The molecule has 4 aliphatic rings. The van der Waals surface area contributed by atoms with E-state index in [9.17, 15) is 0 Å². The van der Waals surface area contributed by atoms with Gasteiger partial charge in [0.15, 0.2) is 0 Å². The molecular formula is C17H30N2O. The Morgan fingerprint density at radius 1 is 1.05 bits per heavy atom. The second-order valence-electron chi connectivity index (χ2n) is 7.72. The fourth-order valence-corrected chi connectivity index (χ4v) is 4.78. The molecule has 1 unspecified atom stereocenters. The molecule has 2 aliphatic carbocycles. The molecule has 0 amide bonds. The summed E-state index contributed by atoms with van der Waals surface area (Å²) in [6, 6.07) is 0.793. The molecule has 3 heteroatoms. The first kappa shape index (κ1) is 13.5. The molecule has 3 nitrogen and oxygen atoms in total. The first-order valence-electron chi connectivity index (χ1n) is 8.92. The van der Waals surface area contributed by atoms with Crippen molar-refractivity contribution in [2.45, 2.75) is 62.9 Å². The third kappa shape index (κ3) is 2.65. The monoisotopic (exact) mass is 278 g/mol. The maximum absolute atomic E-state index is 5.54. The van der Waals surface area contributed by atoms with Crippen molar-refractivity contribution < 1.29 is 4.74 Å². The van der Waals surface area contributed by atoms with Crippen LogP contribution in [0.4, 0.5) is 0 Å². The largest absolute Gasteiger partial charge is 0.381 e. The second-order valence-corrected chi connectivity index (χ2v) is 7.72. The fraction of sp³-hybridized carbons (Fsp3) is 1.00. The van der Waals surface area contributed by atoms with E-state index in [1.807, 2.05) is 0 Å². The Hall–Kier alpha value is -0.120. The zero-order chi connectivity index (χ0) is 13.4. The Bertz CT molecular complexity index is 330. The van der Waals surface area contributed by atoms with Gasteiger partial charge in [0, 0.05) is 44.4 Å². The van der Waals surface area contributed by atoms with Crippen molar-refractivity contribution in [2.24, 2.45) is 11.8 Å². The number of hydrogen-bond acceptors (Lipinski definition) is 3. The van der Waals surface area contributed by atoms with Gasteiger partial charge in [-0.1, -0.05) is 12.8 Å². The minimum atomic E-state index is 0.518. The summed E-state index contributed by atoms with van der Waals surface area (Å²) in [4.78, 5) is 2.93. The molecule has 0 bridgehead atoms. The van der Waals surface area contributed by atoms with E-state index in [1.165, 1.54) is 71.0 Å². The van der Waals surface area contributed by atoms with Gasteiger partial charge in [0.25, 0.3) is 0 Å². The Kier molecular flexibility index (Phi) is 3.78. The quantitative estimate of drug-likeness (QED) is 0.858. The van der Waals surface area contributed by atoms with E-state index in [4.69, 9.17) is 4.74 Å². The highest BCUT2D eigenvalue weighted by atomic mass is 16.5. The topological polar surface area (TPSA) is 24.5 Å². The van der Waals surface area contributed by atoms with E-state index in [2.05, 4.69) is 10.2 Å². The summed E-state index contributed by atoms with van der Waals surface area (Å²) in [5, 5.41) is 3.91. The first-order chi connectivity index (χ1) is 9.86. The van der Waals surface area contributed by atoms with E-state index < -0.39 is 0 Å². The Morgan fingerprint density at radius 2 is 1.80 bits per heavy atom. The standard InChI is InChI=1S/C17H30N2O/c1-2-8-17(7-1)13-18-16(15-3-4-15)12-19(17)11-14-5-9-20-10-6-14/h14-16,18H,1-13H2. The van der Waals surface area contributed by atoms with Gasteiger partial charge < -0.3 is 10.1 Å². The number of nitrogens with one attached hydrogen (secondary N) is 1. The third-order valence-electron chi connectivity index (χ3n) is 6.33. The van der Waals surface area contributed by atoms with Crippen LogP contribution in [0.1, 0.15) is 51.4 Å². The molecular weight excluding hydrogens is 248 g/mol. The van der Waals surface area contributed by atoms with E-state index in [0.717, 1.165) is 31.1 Å². The molecule has 4 rings (SSSR count). The Morgan fingerprint density at radius 3 is 2.50 bits per heavy atom. The fourth-order valence-electron chi connectivity index (χ4n) is 4.78. The average Bonchev–Trinajstić information content (AvgIpc) is 3.23. The van der Waals surface area contributed by atoms with Crippen LogP contribution in [-0.2, 0) is 4.74 Å². The smallest absolute Gasteiger partial charge is 0.0469 e. The SMILES string of the molecule is C1CCC2(C1)CNC(C1CC1)CN2CC1CCOCC1. The Labute approximate surface area is 123 Å². The van der Waals surface area contributed by atoms with Crippen molar-refractivity contribution in [1.82, 2.24) is 10.2 Å². The van der Waals surface area contributed by atoms with Gasteiger partial charge in [0.1, 0.15) is 0 Å². The van der Waals surface area contributed by atoms with Gasteiger partial charge in [-0.25, -0.2) is 0 Å². The van der Waals surface area contributed by atoms with Crippen LogP contribution in [0.2, 0.25) is 0 Å². The number of ether oxygens (including phenoxy) is 1. The lowest BCUT2D eigenvalue weighted by Crippen LogP contribution is -2.64. The minimum absolute atomic E-state index is 0.518. The molecule has 0 radical (unpaired) electrons. The van der Waals surface area contributed by atoms with Crippen molar-refractivity contribution in [3.05, 3.63) is 0 Å². The predicted molar refractivity (Wildman–Crippen MR) is 80.8 cm³/mol. The van der Waals surface area contributed by atoms with Crippen LogP contribution >= 0.6 is 0 Å². The lowest BCUT2D eigenvalue weighted by molar-refractivity contribution is -0.00222. The molecule has 2 heterocycles. The van der Waals surface area contributed by atoms with E-state index in [0.29, 0.717) is 5.54 Å². The zero-order valence-corrected chi connectivity index (χ0v) is 12.8. The van der Waals surface area contributed by atoms with Crippen molar-refractivity contribution in [3.8, 4) is 0 Å². The van der Waals surface area contributed by atoms with Gasteiger partial charge in [0.05, 0.1) is 0 Å². The van der Waals surface area contributed by atoms with Gasteiger partial charge >= 0.3 is 0 Å². The van der Waals surface area contributed by atoms with Crippen molar-refractivity contribution in [3.63, 3.8) is 0 Å². The van der Waals surface area contributed by atoms with E-state index in [1.54, 1.807) is 0 Å². The average molecular weight is 278 g/mol. The van der Waals surface area contributed by atoms with Crippen LogP contribution < -0.4 is 5.32 Å². The third-order valence-corrected chi connectivity index (χ3v) is 6.33. The van der Waals surface area contributed by atoms with E-state index >= 15 is 0 Å². The second kappa shape index (κ2) is 5.58. The normalized spacial score (nSPS) is 35.7. The lowest BCUT2D eigenvalue weighted by atomic mass is 9.87. The van der Waals surface area contributed by atoms with Crippen LogP contribution in [0, 0.1) is 11.8 Å². The molecule has 1 atom stereocenters. The van der Waals surface area contributed by atoms with Crippen LogP contribution in [0.3, 0.4) is 0 Å². The van der Waals surface area contributed by atoms with Gasteiger partial charge in [-0.2, -0.15) is 0 Å². The number of nitrogens with zero attached hydrogens (tertiary/aromatic N) is 1. The molecule has 2 aliphatic heterocycles. The minimum Gasteiger partial charge on any atom is -0.381 e. The van der Waals surface area contributed by atoms with E-state index in [-0.39, 0.29) is 0 Å². The summed E-state index contributed by atoms with van der Waals surface area (Å²) >= 11 is 0. The highest BCUT2D eigenvalue weighted by Gasteiger charge is 2.46. The molecule has 4 fully saturated rings. The van der Waals surface area contributed by atoms with Crippen molar-refractivity contribution >= 4 is 0 Å². The molecule has 2 saturated carbocycles. The molecule has 20 heavy (non-hydrogen) atoms. The summed E-state index contributed by atoms with van der Waals surface area (Å²) in [7, 11) is 0. The number of rotatable bonds is 3. The number of hydrogen-bond donors (Lipinski definition) is 1. The molecule has 1 spiro atoms. The summed E-state index contributed by atoms with van der Waals surface area (Å²) in [6.45, 7) is 5.92. The van der Waals surface area contributed by atoms with Gasteiger partial charge in [-0.15, -0.1) is 0 Å². The summed E-state index contributed by atoms with van der Waals surface area (Å²) < 4.78 is 5.54. The van der Waals surface area contributed by atoms with Gasteiger partial charge in [-0.05, 0) is 50.4 Å². The molecule has 0 aromatic carbocycles. The lowest BCUT2D eigenvalue weighted by Gasteiger charge is -2.50. The molecule has 0 aromatic rings. The van der Waals surface area contributed by atoms with Crippen molar-refractivity contribution in [2.75, 3.05) is 32.8 Å². The maximum Gasteiger partial charge on any atom is 0.0469 e. The summed E-state index contributed by atoms with van der Waals surface area (Å²) in [6.07, 6.45) is 11.3. The first-order valence-corrected chi connectivity index (χ1v) is 8.92. The maximum atomic E-state index is 5.54. The van der Waals surface area contributed by atoms with Gasteiger partial charge in [-0.3, -0.25) is 4.90 Å². The predicted octanol–water partition coefficient (Wildman–Crippen LogP) is 2.41. The molecule has 114 valence electrons. The van der Waals surface area contributed by atoms with Crippen molar-refractivity contribution in [1.29, 1.82) is 0 Å². The zero-order valence-electron chi connectivity index (χ0n) is 12.8. The van der Waals surface area contributed by atoms with Crippen LogP contribution in [0.5, 0.6) is 0 Å². The van der Waals surface area contributed by atoms with Crippen LogP contribution in [-0.4, -0.2) is 49.3 Å². The number of piperazine rings is 1.